The van der Waals surface area contributed by atoms with Crippen LogP contribution in [-0.2, 0) is 11.3 Å². The lowest BCUT2D eigenvalue weighted by Crippen LogP contribution is -2.48. The van der Waals surface area contributed by atoms with E-state index in [1.165, 1.54) is 0 Å². The van der Waals surface area contributed by atoms with Crippen LogP contribution in [0.2, 0.25) is 0 Å². The number of carbonyl (C=O) groups excluding carboxylic acids is 1. The van der Waals surface area contributed by atoms with Gasteiger partial charge in [0.05, 0.1) is 6.54 Å². The fraction of sp³-hybridized carbons (Fsp3) is 0.778. The van der Waals surface area contributed by atoms with Crippen LogP contribution in [0.4, 0.5) is 0 Å². The quantitative estimate of drug-likeness (QED) is 0.809. The summed E-state index contributed by atoms with van der Waals surface area (Å²) in [6, 6.07) is 0.536. The van der Waals surface area contributed by atoms with E-state index >= 15 is 0 Å². The minimum absolute atomic E-state index is 0.263. The van der Waals surface area contributed by atoms with Crippen molar-refractivity contribution in [3.63, 3.8) is 0 Å². The predicted octanol–water partition coefficient (Wildman–Crippen LogP) is 2.55. The van der Waals surface area contributed by atoms with Gasteiger partial charge in [0.15, 0.2) is 0 Å². The Morgan fingerprint density at radius 3 is 2.35 bits per heavy atom. The predicted molar refractivity (Wildman–Crippen MR) is 93.2 cm³/mol. The van der Waals surface area contributed by atoms with Crippen molar-refractivity contribution in [1.82, 2.24) is 19.4 Å². The molecule has 5 heteroatoms. The maximum atomic E-state index is 12.5. The molecular formula is C18H32N4O. The number of carbonyl (C=O) groups is 1. The molecule has 0 aromatic carbocycles. The highest BCUT2D eigenvalue weighted by atomic mass is 16.2. The summed E-state index contributed by atoms with van der Waals surface area (Å²) in [6.07, 6.45) is 6.26. The summed E-state index contributed by atoms with van der Waals surface area (Å²) < 4.78 is 2.24. The first-order valence-electron chi connectivity index (χ1n) is 8.89. The second-order valence-electron chi connectivity index (χ2n) is 7.33. The number of hydrogen-bond acceptors (Lipinski definition) is 3. The molecule has 0 N–H and O–H groups in total. The molecule has 0 radical (unpaired) electrons. The summed E-state index contributed by atoms with van der Waals surface area (Å²) in [5, 5.41) is 0. The second kappa shape index (κ2) is 7.95. The van der Waals surface area contributed by atoms with E-state index in [1.807, 2.05) is 11.1 Å². The third-order valence-corrected chi connectivity index (χ3v) is 4.85. The normalized spacial score (nSPS) is 17.2. The molecule has 5 nitrogen and oxygen atoms in total. The summed E-state index contributed by atoms with van der Waals surface area (Å²) in [7, 11) is 0. The van der Waals surface area contributed by atoms with E-state index in [2.05, 4.69) is 55.3 Å². The summed E-state index contributed by atoms with van der Waals surface area (Å²) in [5.74, 6) is 2.05. The van der Waals surface area contributed by atoms with Gasteiger partial charge in [-0.15, -0.1) is 0 Å². The molecule has 130 valence electrons. The summed E-state index contributed by atoms with van der Waals surface area (Å²) in [5.41, 5.74) is 0. The molecule has 0 bridgehead atoms. The molecule has 0 spiro atoms. The molecule has 1 aromatic rings. The Balaban J connectivity index is 1.80. The van der Waals surface area contributed by atoms with Crippen molar-refractivity contribution in [3.8, 4) is 0 Å². The Kier molecular flexibility index (Phi) is 6.22. The Hall–Kier alpha value is -1.36. The molecule has 2 heterocycles. The van der Waals surface area contributed by atoms with E-state index in [-0.39, 0.29) is 18.0 Å². The summed E-state index contributed by atoms with van der Waals surface area (Å²) >= 11 is 0. The summed E-state index contributed by atoms with van der Waals surface area (Å²) in [4.78, 5) is 21.2. The summed E-state index contributed by atoms with van der Waals surface area (Å²) in [6.45, 7) is 14.1. The second-order valence-corrected chi connectivity index (χ2v) is 7.33. The number of imidazole rings is 1. The van der Waals surface area contributed by atoms with Gasteiger partial charge in [-0.05, 0) is 66.5 Å². The molecule has 1 saturated heterocycles. The van der Waals surface area contributed by atoms with Crippen LogP contribution in [0.25, 0.3) is 0 Å². The van der Waals surface area contributed by atoms with E-state index in [1.54, 1.807) is 0 Å². The first-order chi connectivity index (χ1) is 10.9. The average molecular weight is 320 g/mol. The maximum absolute atomic E-state index is 12.5. The SMILES string of the molecule is Cc1nccn1CC1CCN(CC(=O)N(C(C)C)C(C)C)CC1. The fourth-order valence-corrected chi connectivity index (χ4v) is 3.65. The van der Waals surface area contributed by atoms with E-state index in [4.69, 9.17) is 0 Å². The van der Waals surface area contributed by atoms with Crippen molar-refractivity contribution in [2.45, 2.75) is 66.1 Å². The molecule has 1 aromatic heterocycles. The van der Waals surface area contributed by atoms with Gasteiger partial charge in [-0.25, -0.2) is 4.98 Å². The van der Waals surface area contributed by atoms with Gasteiger partial charge in [0.25, 0.3) is 0 Å². The van der Waals surface area contributed by atoms with Crippen molar-refractivity contribution in [2.75, 3.05) is 19.6 Å². The third-order valence-electron chi connectivity index (χ3n) is 4.85. The number of piperidine rings is 1. The highest BCUT2D eigenvalue weighted by Gasteiger charge is 2.25. The van der Waals surface area contributed by atoms with Crippen molar-refractivity contribution < 1.29 is 4.79 Å². The monoisotopic (exact) mass is 320 g/mol. The number of amides is 1. The van der Waals surface area contributed by atoms with Crippen LogP contribution < -0.4 is 0 Å². The topological polar surface area (TPSA) is 41.4 Å². The van der Waals surface area contributed by atoms with Crippen molar-refractivity contribution in [1.29, 1.82) is 0 Å². The van der Waals surface area contributed by atoms with Gasteiger partial charge in [-0.1, -0.05) is 0 Å². The molecule has 23 heavy (non-hydrogen) atoms. The van der Waals surface area contributed by atoms with Gasteiger partial charge in [0.2, 0.25) is 5.91 Å². The minimum atomic E-state index is 0.263. The number of rotatable bonds is 6. The first-order valence-corrected chi connectivity index (χ1v) is 8.89. The number of hydrogen-bond donors (Lipinski definition) is 0. The minimum Gasteiger partial charge on any atom is -0.337 e. The van der Waals surface area contributed by atoms with Gasteiger partial charge in [0.1, 0.15) is 5.82 Å². The van der Waals surface area contributed by atoms with E-state index in [0.29, 0.717) is 12.5 Å². The van der Waals surface area contributed by atoms with Gasteiger partial charge >= 0.3 is 0 Å². The molecule has 1 aliphatic heterocycles. The van der Waals surface area contributed by atoms with Gasteiger partial charge < -0.3 is 9.47 Å². The zero-order valence-corrected chi connectivity index (χ0v) is 15.3. The van der Waals surface area contributed by atoms with E-state index in [0.717, 1.165) is 38.3 Å². The lowest BCUT2D eigenvalue weighted by Gasteiger charge is -2.36. The lowest BCUT2D eigenvalue weighted by molar-refractivity contribution is -0.136. The van der Waals surface area contributed by atoms with Crippen LogP contribution in [0.15, 0.2) is 12.4 Å². The number of likely N-dealkylation sites (tertiary alicyclic amines) is 1. The van der Waals surface area contributed by atoms with Crippen LogP contribution in [0.3, 0.4) is 0 Å². The molecule has 0 unspecified atom stereocenters. The van der Waals surface area contributed by atoms with Crippen molar-refractivity contribution >= 4 is 5.91 Å². The van der Waals surface area contributed by atoms with Crippen LogP contribution in [0, 0.1) is 12.8 Å². The molecule has 1 aliphatic rings. The van der Waals surface area contributed by atoms with Gasteiger partial charge in [0, 0.05) is 31.0 Å². The molecule has 0 atom stereocenters. The van der Waals surface area contributed by atoms with Crippen LogP contribution in [0.5, 0.6) is 0 Å². The highest BCUT2D eigenvalue weighted by Crippen LogP contribution is 2.20. The molecule has 0 saturated carbocycles. The third kappa shape index (κ3) is 4.80. The maximum Gasteiger partial charge on any atom is 0.237 e. The zero-order chi connectivity index (χ0) is 17.0. The van der Waals surface area contributed by atoms with E-state index in [9.17, 15) is 4.79 Å². The van der Waals surface area contributed by atoms with Crippen molar-refractivity contribution in [3.05, 3.63) is 18.2 Å². The Morgan fingerprint density at radius 1 is 1.26 bits per heavy atom. The molecule has 2 rings (SSSR count). The zero-order valence-electron chi connectivity index (χ0n) is 15.3. The van der Waals surface area contributed by atoms with E-state index < -0.39 is 0 Å². The number of aryl methyl sites for hydroxylation is 1. The molecule has 0 aliphatic carbocycles. The van der Waals surface area contributed by atoms with Gasteiger partial charge in [-0.2, -0.15) is 0 Å². The number of aromatic nitrogens is 2. The van der Waals surface area contributed by atoms with Crippen molar-refractivity contribution in [2.24, 2.45) is 5.92 Å². The number of nitrogens with zero attached hydrogens (tertiary/aromatic N) is 4. The standard InChI is InChI=1S/C18H32N4O/c1-14(2)22(15(3)4)18(23)13-20-9-6-17(7-10-20)12-21-11-8-19-16(21)5/h8,11,14-15,17H,6-7,9-10,12-13H2,1-5H3. The average Bonchev–Trinajstić information content (AvgIpc) is 2.85. The Bertz CT molecular complexity index is 493. The molecule has 1 fully saturated rings. The molecular weight excluding hydrogens is 288 g/mol. The van der Waals surface area contributed by atoms with Crippen LogP contribution >= 0.6 is 0 Å². The smallest absolute Gasteiger partial charge is 0.237 e. The Morgan fingerprint density at radius 2 is 1.87 bits per heavy atom. The molecule has 1 amide bonds. The largest absolute Gasteiger partial charge is 0.337 e. The fourth-order valence-electron chi connectivity index (χ4n) is 3.65. The van der Waals surface area contributed by atoms with Gasteiger partial charge in [-0.3, -0.25) is 9.69 Å². The lowest BCUT2D eigenvalue weighted by atomic mass is 9.96. The highest BCUT2D eigenvalue weighted by molar-refractivity contribution is 5.78. The van der Waals surface area contributed by atoms with Crippen LogP contribution in [-0.4, -0.2) is 57.0 Å². The first kappa shape index (κ1) is 18.0. The van der Waals surface area contributed by atoms with Crippen LogP contribution in [0.1, 0.15) is 46.4 Å². The Labute approximate surface area is 140 Å².